The molecule has 0 spiro atoms. The highest BCUT2D eigenvalue weighted by Gasteiger charge is 2.28. The third kappa shape index (κ3) is 3.99. The number of alkyl halides is 1. The molecule has 128 valence electrons. The number of rotatable bonds is 5. The topological polar surface area (TPSA) is 76.7 Å². The molecular formula is C18H24FN5. The molecule has 24 heavy (non-hydrogen) atoms. The molecule has 0 amide bonds. The third-order valence-electron chi connectivity index (χ3n) is 4.58. The molecule has 2 aromatic rings. The van der Waals surface area contributed by atoms with E-state index in [1.54, 1.807) is 0 Å². The lowest BCUT2D eigenvalue weighted by molar-refractivity contribution is 0.356. The summed E-state index contributed by atoms with van der Waals surface area (Å²) >= 11 is 0. The molecule has 1 aliphatic carbocycles. The zero-order valence-electron chi connectivity index (χ0n) is 14.2. The van der Waals surface area contributed by atoms with Crippen LogP contribution in [0.5, 0.6) is 0 Å². The van der Waals surface area contributed by atoms with Crippen LogP contribution in [0.4, 0.5) is 16.3 Å². The minimum atomic E-state index is -1.26. The van der Waals surface area contributed by atoms with E-state index in [1.165, 1.54) is 30.9 Å². The number of nitrogens with two attached hydrogens (primary N) is 1. The largest absolute Gasteiger partial charge is 0.368 e. The van der Waals surface area contributed by atoms with Crippen LogP contribution in [-0.2, 0) is 6.42 Å². The Morgan fingerprint density at radius 2 is 2.12 bits per heavy atom. The molecule has 3 atom stereocenters. The van der Waals surface area contributed by atoms with Gasteiger partial charge in [0, 0.05) is 6.04 Å². The van der Waals surface area contributed by atoms with Gasteiger partial charge in [0.1, 0.15) is 0 Å². The molecule has 3 rings (SSSR count). The van der Waals surface area contributed by atoms with Crippen LogP contribution >= 0.6 is 0 Å². The number of benzene rings is 1. The predicted octanol–water partition coefficient (Wildman–Crippen LogP) is 3.62. The molecule has 0 aliphatic heterocycles. The molecule has 0 bridgehead atoms. The highest BCUT2D eigenvalue weighted by Crippen LogP contribution is 2.31. The molecule has 1 aromatic heterocycles. The van der Waals surface area contributed by atoms with Crippen molar-refractivity contribution in [3.05, 3.63) is 41.2 Å². The van der Waals surface area contributed by atoms with Crippen LogP contribution in [0, 0.1) is 12.8 Å². The zero-order valence-corrected chi connectivity index (χ0v) is 14.2. The van der Waals surface area contributed by atoms with Gasteiger partial charge in [-0.15, -0.1) is 0 Å². The molecule has 1 heterocycles. The van der Waals surface area contributed by atoms with Gasteiger partial charge in [0.25, 0.3) is 0 Å². The molecule has 0 radical (unpaired) electrons. The van der Waals surface area contributed by atoms with Crippen LogP contribution in [0.1, 0.15) is 49.3 Å². The first-order valence-corrected chi connectivity index (χ1v) is 8.49. The van der Waals surface area contributed by atoms with Crippen LogP contribution < -0.4 is 11.1 Å². The van der Waals surface area contributed by atoms with Crippen LogP contribution in [-0.4, -0.2) is 21.0 Å². The second-order valence-corrected chi connectivity index (χ2v) is 6.63. The normalized spacial score (nSPS) is 21.6. The SMILES string of the molecule is Cc1cccc(CC2CCCC2Nc2nc(N)nc(C(C)F)n2)c1. The average molecular weight is 329 g/mol. The molecule has 1 saturated carbocycles. The van der Waals surface area contributed by atoms with Crippen molar-refractivity contribution < 1.29 is 4.39 Å². The molecule has 6 heteroatoms. The van der Waals surface area contributed by atoms with Gasteiger partial charge in [-0.05, 0) is 44.6 Å². The van der Waals surface area contributed by atoms with Crippen molar-refractivity contribution in [3.8, 4) is 0 Å². The van der Waals surface area contributed by atoms with Crippen LogP contribution in [0.2, 0.25) is 0 Å². The Morgan fingerprint density at radius 1 is 1.29 bits per heavy atom. The summed E-state index contributed by atoms with van der Waals surface area (Å²) in [6.07, 6.45) is 3.15. The maximum absolute atomic E-state index is 13.5. The van der Waals surface area contributed by atoms with E-state index in [-0.39, 0.29) is 17.8 Å². The lowest BCUT2D eigenvalue weighted by atomic mass is 9.94. The maximum Gasteiger partial charge on any atom is 0.228 e. The smallest absolute Gasteiger partial charge is 0.228 e. The summed E-state index contributed by atoms with van der Waals surface area (Å²) in [5, 5.41) is 3.35. The Balaban J connectivity index is 1.72. The summed E-state index contributed by atoms with van der Waals surface area (Å²) in [5.41, 5.74) is 8.31. The Bertz CT molecular complexity index is 704. The van der Waals surface area contributed by atoms with E-state index in [4.69, 9.17) is 5.73 Å². The fraction of sp³-hybridized carbons (Fsp3) is 0.500. The van der Waals surface area contributed by atoms with Gasteiger partial charge in [-0.25, -0.2) is 4.39 Å². The number of halogens is 1. The van der Waals surface area contributed by atoms with Gasteiger partial charge in [0.05, 0.1) is 0 Å². The lowest BCUT2D eigenvalue weighted by Gasteiger charge is -2.21. The number of anilines is 2. The summed E-state index contributed by atoms with van der Waals surface area (Å²) in [7, 11) is 0. The summed E-state index contributed by atoms with van der Waals surface area (Å²) in [6, 6.07) is 8.89. The van der Waals surface area contributed by atoms with Crippen molar-refractivity contribution >= 4 is 11.9 Å². The minimum absolute atomic E-state index is 0.0558. The van der Waals surface area contributed by atoms with Crippen molar-refractivity contribution in [1.82, 2.24) is 15.0 Å². The number of nitrogen functional groups attached to an aromatic ring is 1. The zero-order chi connectivity index (χ0) is 17.1. The highest BCUT2D eigenvalue weighted by molar-refractivity contribution is 5.33. The van der Waals surface area contributed by atoms with Crippen LogP contribution in [0.25, 0.3) is 0 Å². The van der Waals surface area contributed by atoms with Gasteiger partial charge in [0.15, 0.2) is 12.0 Å². The Hall–Kier alpha value is -2.24. The van der Waals surface area contributed by atoms with Crippen molar-refractivity contribution in [2.24, 2.45) is 5.92 Å². The molecule has 3 N–H and O–H groups in total. The first kappa shape index (κ1) is 16.6. The number of aromatic nitrogens is 3. The number of hydrogen-bond donors (Lipinski definition) is 2. The highest BCUT2D eigenvalue weighted by atomic mass is 19.1. The van der Waals surface area contributed by atoms with E-state index < -0.39 is 6.17 Å². The van der Waals surface area contributed by atoms with Crippen molar-refractivity contribution in [2.75, 3.05) is 11.1 Å². The Morgan fingerprint density at radius 3 is 2.88 bits per heavy atom. The van der Waals surface area contributed by atoms with E-state index in [0.717, 1.165) is 12.8 Å². The molecular weight excluding hydrogens is 305 g/mol. The Kier molecular flexibility index (Phi) is 4.92. The fourth-order valence-electron chi connectivity index (χ4n) is 3.43. The number of nitrogens with zero attached hydrogens (tertiary/aromatic N) is 3. The first-order chi connectivity index (χ1) is 11.5. The Labute approximate surface area is 141 Å². The third-order valence-corrected chi connectivity index (χ3v) is 4.58. The predicted molar refractivity (Wildman–Crippen MR) is 93.4 cm³/mol. The summed E-state index contributed by atoms with van der Waals surface area (Å²) in [5.74, 6) is 1.03. The summed E-state index contributed by atoms with van der Waals surface area (Å²) < 4.78 is 13.5. The van der Waals surface area contributed by atoms with Crippen molar-refractivity contribution in [2.45, 2.75) is 51.7 Å². The van der Waals surface area contributed by atoms with E-state index in [9.17, 15) is 4.39 Å². The van der Waals surface area contributed by atoms with Gasteiger partial charge in [-0.1, -0.05) is 36.2 Å². The summed E-state index contributed by atoms with van der Waals surface area (Å²) in [6.45, 7) is 3.51. The second-order valence-electron chi connectivity index (χ2n) is 6.63. The first-order valence-electron chi connectivity index (χ1n) is 8.49. The van der Waals surface area contributed by atoms with Gasteiger partial charge in [-0.3, -0.25) is 0 Å². The van der Waals surface area contributed by atoms with Crippen molar-refractivity contribution in [3.63, 3.8) is 0 Å². The molecule has 1 aliphatic rings. The van der Waals surface area contributed by atoms with E-state index in [1.807, 2.05) is 0 Å². The maximum atomic E-state index is 13.5. The lowest BCUT2D eigenvalue weighted by Crippen LogP contribution is -2.27. The van der Waals surface area contributed by atoms with Gasteiger partial charge < -0.3 is 11.1 Å². The van der Waals surface area contributed by atoms with E-state index >= 15 is 0 Å². The van der Waals surface area contributed by atoms with Gasteiger partial charge in [-0.2, -0.15) is 15.0 Å². The minimum Gasteiger partial charge on any atom is -0.368 e. The van der Waals surface area contributed by atoms with Crippen LogP contribution in [0.3, 0.4) is 0 Å². The fourth-order valence-corrected chi connectivity index (χ4v) is 3.43. The number of nitrogens with one attached hydrogen (secondary N) is 1. The van der Waals surface area contributed by atoms with Crippen molar-refractivity contribution in [1.29, 1.82) is 0 Å². The molecule has 1 fully saturated rings. The number of hydrogen-bond acceptors (Lipinski definition) is 5. The summed E-state index contributed by atoms with van der Waals surface area (Å²) in [4.78, 5) is 12.1. The standard InChI is InChI=1S/C18H24FN5/c1-11-5-3-6-13(9-11)10-14-7-4-8-15(14)21-18-23-16(12(2)19)22-17(20)24-18/h3,5-6,9,12,14-15H,4,7-8,10H2,1-2H3,(H3,20,21,22,23,24). The van der Waals surface area contributed by atoms with E-state index in [0.29, 0.717) is 11.9 Å². The molecule has 1 aromatic carbocycles. The quantitative estimate of drug-likeness (QED) is 0.876. The van der Waals surface area contributed by atoms with Crippen LogP contribution in [0.15, 0.2) is 24.3 Å². The second kappa shape index (κ2) is 7.11. The average Bonchev–Trinajstić information content (AvgIpc) is 2.93. The number of aryl methyl sites for hydroxylation is 1. The van der Waals surface area contributed by atoms with Gasteiger partial charge >= 0.3 is 0 Å². The monoisotopic (exact) mass is 329 g/mol. The molecule has 3 unspecified atom stereocenters. The van der Waals surface area contributed by atoms with Gasteiger partial charge in [0.2, 0.25) is 11.9 Å². The molecule has 0 saturated heterocycles. The van der Waals surface area contributed by atoms with E-state index in [2.05, 4.69) is 51.5 Å². The molecule has 5 nitrogen and oxygen atoms in total.